The Balaban J connectivity index is 1.60. The van der Waals surface area contributed by atoms with E-state index in [2.05, 4.69) is 10.1 Å². The molecule has 4 rings (SSSR count). The van der Waals surface area contributed by atoms with E-state index in [1.165, 1.54) is 0 Å². The van der Waals surface area contributed by atoms with Gasteiger partial charge in [-0.2, -0.15) is 9.61 Å². The quantitative estimate of drug-likeness (QED) is 0.684. The molecule has 0 saturated carbocycles. The van der Waals surface area contributed by atoms with Gasteiger partial charge in [0.1, 0.15) is 11.6 Å². The number of piperazine rings is 1. The third kappa shape index (κ3) is 3.31. The average molecular weight is 367 g/mol. The molecule has 1 aromatic carbocycles. The maximum atomic E-state index is 12.8. The number of rotatable bonds is 5. The zero-order valence-corrected chi connectivity index (χ0v) is 15.3. The Morgan fingerprint density at radius 1 is 1.15 bits per heavy atom. The molecule has 0 spiro atoms. The zero-order valence-electron chi connectivity index (χ0n) is 15.3. The maximum Gasteiger partial charge on any atom is 0.246 e. The first-order chi connectivity index (χ1) is 13.2. The highest BCUT2D eigenvalue weighted by Gasteiger charge is 2.27. The first kappa shape index (κ1) is 17.3. The van der Waals surface area contributed by atoms with Crippen molar-refractivity contribution in [3.8, 4) is 5.75 Å². The molecule has 0 N–H and O–H groups in total. The molecule has 0 radical (unpaired) electrons. The molecule has 0 atom stereocenters. The second kappa shape index (κ2) is 7.24. The van der Waals surface area contributed by atoms with Crippen molar-refractivity contribution in [3.05, 3.63) is 48.3 Å². The van der Waals surface area contributed by atoms with Crippen LogP contribution >= 0.6 is 0 Å². The van der Waals surface area contributed by atoms with Crippen molar-refractivity contribution in [2.45, 2.75) is 6.61 Å². The molecule has 8 heteroatoms. The van der Waals surface area contributed by atoms with Crippen molar-refractivity contribution in [1.82, 2.24) is 14.6 Å². The molecular formula is C19H21N5O3. The number of hydrogen-bond donors (Lipinski definition) is 0. The minimum absolute atomic E-state index is 0.0277. The Bertz CT molecular complexity index is 971. The number of carbonyl (C=O) groups is 1. The summed E-state index contributed by atoms with van der Waals surface area (Å²) in [5, 5.41) is 4.35. The van der Waals surface area contributed by atoms with Gasteiger partial charge < -0.3 is 19.3 Å². The molecule has 0 unspecified atom stereocenters. The summed E-state index contributed by atoms with van der Waals surface area (Å²) in [6.07, 6.45) is 1.71. The molecule has 3 heterocycles. The highest BCUT2D eigenvalue weighted by Crippen LogP contribution is 2.25. The standard InChI is InChI=1S/C19H21N5O3/c1-26-13-14-10-18(24-17(21-14)6-7-20-24)22-8-9-23(19(25)12-22)15-4-3-5-16(11-15)27-2/h3-7,10-11H,8-9,12-13H2,1-2H3. The number of nitrogens with zero attached hydrogens (tertiary/aromatic N) is 5. The molecule has 3 aromatic rings. The van der Waals surface area contributed by atoms with Gasteiger partial charge in [0.25, 0.3) is 0 Å². The number of benzene rings is 1. The van der Waals surface area contributed by atoms with Gasteiger partial charge >= 0.3 is 0 Å². The van der Waals surface area contributed by atoms with Crippen molar-refractivity contribution in [2.24, 2.45) is 0 Å². The van der Waals surface area contributed by atoms with E-state index in [-0.39, 0.29) is 12.5 Å². The molecule has 1 aliphatic heterocycles. The fourth-order valence-corrected chi connectivity index (χ4v) is 3.31. The third-order valence-electron chi connectivity index (χ3n) is 4.60. The van der Waals surface area contributed by atoms with Crippen molar-refractivity contribution in [3.63, 3.8) is 0 Å². The molecule has 1 fully saturated rings. The van der Waals surface area contributed by atoms with Crippen LogP contribution in [-0.2, 0) is 16.1 Å². The second-order valence-corrected chi connectivity index (χ2v) is 6.31. The number of anilines is 2. The first-order valence-electron chi connectivity index (χ1n) is 8.71. The topological polar surface area (TPSA) is 72.2 Å². The van der Waals surface area contributed by atoms with E-state index >= 15 is 0 Å². The minimum Gasteiger partial charge on any atom is -0.497 e. The van der Waals surface area contributed by atoms with Crippen LogP contribution in [0.25, 0.3) is 5.65 Å². The summed E-state index contributed by atoms with van der Waals surface area (Å²) in [4.78, 5) is 21.2. The average Bonchev–Trinajstić information content (AvgIpc) is 3.16. The van der Waals surface area contributed by atoms with Gasteiger partial charge in [0.05, 0.1) is 32.2 Å². The number of aromatic nitrogens is 3. The van der Waals surface area contributed by atoms with Crippen LogP contribution in [0.4, 0.5) is 11.5 Å². The Kier molecular flexibility index (Phi) is 4.64. The van der Waals surface area contributed by atoms with E-state index < -0.39 is 0 Å². The summed E-state index contributed by atoms with van der Waals surface area (Å²) in [6.45, 7) is 1.94. The van der Waals surface area contributed by atoms with Crippen LogP contribution in [0.3, 0.4) is 0 Å². The first-order valence-corrected chi connectivity index (χ1v) is 8.71. The van der Waals surface area contributed by atoms with Crippen LogP contribution in [0.2, 0.25) is 0 Å². The lowest BCUT2D eigenvalue weighted by Crippen LogP contribution is -2.51. The van der Waals surface area contributed by atoms with Gasteiger partial charge in [0.15, 0.2) is 5.65 Å². The zero-order chi connectivity index (χ0) is 18.8. The number of fused-ring (bicyclic) bond motifs is 1. The Labute approximate surface area is 156 Å². The molecule has 1 amide bonds. The summed E-state index contributed by atoms with van der Waals surface area (Å²) < 4.78 is 12.2. The fourth-order valence-electron chi connectivity index (χ4n) is 3.31. The lowest BCUT2D eigenvalue weighted by Gasteiger charge is -2.35. The van der Waals surface area contributed by atoms with E-state index in [9.17, 15) is 4.79 Å². The number of carbonyl (C=O) groups excluding carboxylic acids is 1. The summed E-state index contributed by atoms with van der Waals surface area (Å²) in [5.74, 6) is 1.61. The third-order valence-corrected chi connectivity index (χ3v) is 4.60. The molecule has 2 aromatic heterocycles. The largest absolute Gasteiger partial charge is 0.497 e. The molecule has 27 heavy (non-hydrogen) atoms. The molecule has 1 saturated heterocycles. The van der Waals surface area contributed by atoms with Gasteiger partial charge in [-0.1, -0.05) is 6.07 Å². The minimum atomic E-state index is 0.0277. The normalized spacial score (nSPS) is 14.8. The Hall–Kier alpha value is -3.13. The lowest BCUT2D eigenvalue weighted by atomic mass is 10.2. The second-order valence-electron chi connectivity index (χ2n) is 6.31. The number of methoxy groups -OCH3 is 2. The number of ether oxygens (including phenoxy) is 2. The van der Waals surface area contributed by atoms with Gasteiger partial charge in [0, 0.05) is 44.1 Å². The number of amides is 1. The smallest absolute Gasteiger partial charge is 0.246 e. The van der Waals surface area contributed by atoms with Crippen LogP contribution in [0, 0.1) is 0 Å². The van der Waals surface area contributed by atoms with Crippen molar-refractivity contribution in [2.75, 3.05) is 43.7 Å². The van der Waals surface area contributed by atoms with Gasteiger partial charge in [-0.15, -0.1) is 0 Å². The monoisotopic (exact) mass is 367 g/mol. The highest BCUT2D eigenvalue weighted by atomic mass is 16.5. The van der Waals surface area contributed by atoms with Crippen LogP contribution in [-0.4, -0.2) is 54.4 Å². The molecule has 140 valence electrons. The summed E-state index contributed by atoms with van der Waals surface area (Å²) in [7, 11) is 3.26. The van der Waals surface area contributed by atoms with E-state index in [1.54, 1.807) is 29.8 Å². The van der Waals surface area contributed by atoms with E-state index in [0.29, 0.717) is 19.7 Å². The van der Waals surface area contributed by atoms with E-state index in [4.69, 9.17) is 9.47 Å². The van der Waals surface area contributed by atoms with Gasteiger partial charge in [-0.25, -0.2) is 4.98 Å². The summed E-state index contributed by atoms with van der Waals surface area (Å²) >= 11 is 0. The van der Waals surface area contributed by atoms with Crippen molar-refractivity contribution in [1.29, 1.82) is 0 Å². The summed E-state index contributed by atoms with van der Waals surface area (Å²) in [6, 6.07) is 11.3. The summed E-state index contributed by atoms with van der Waals surface area (Å²) in [5.41, 5.74) is 2.39. The van der Waals surface area contributed by atoms with E-state index in [0.717, 1.165) is 28.6 Å². The molecule has 0 aliphatic carbocycles. The lowest BCUT2D eigenvalue weighted by molar-refractivity contribution is -0.117. The predicted octanol–water partition coefficient (Wildman–Crippen LogP) is 1.74. The highest BCUT2D eigenvalue weighted by molar-refractivity contribution is 5.97. The maximum absolute atomic E-state index is 12.8. The fraction of sp³-hybridized carbons (Fsp3) is 0.316. The predicted molar refractivity (Wildman–Crippen MR) is 101 cm³/mol. The molecule has 1 aliphatic rings. The molecule has 0 bridgehead atoms. The Morgan fingerprint density at radius 2 is 2.04 bits per heavy atom. The van der Waals surface area contributed by atoms with Gasteiger partial charge in [0.2, 0.25) is 5.91 Å². The molecular weight excluding hydrogens is 346 g/mol. The van der Waals surface area contributed by atoms with E-state index in [1.807, 2.05) is 41.3 Å². The Morgan fingerprint density at radius 3 is 2.81 bits per heavy atom. The van der Waals surface area contributed by atoms with Crippen molar-refractivity contribution >= 4 is 23.1 Å². The SMILES string of the molecule is COCc1cc(N2CCN(c3cccc(OC)c3)C(=O)C2)n2nccc2n1. The van der Waals surface area contributed by atoms with Crippen LogP contribution in [0.1, 0.15) is 5.69 Å². The van der Waals surface area contributed by atoms with Crippen molar-refractivity contribution < 1.29 is 14.3 Å². The van der Waals surface area contributed by atoms with Crippen LogP contribution in [0.15, 0.2) is 42.6 Å². The van der Waals surface area contributed by atoms with Gasteiger partial charge in [-0.3, -0.25) is 4.79 Å². The van der Waals surface area contributed by atoms with Gasteiger partial charge in [-0.05, 0) is 12.1 Å². The van der Waals surface area contributed by atoms with Crippen LogP contribution < -0.4 is 14.5 Å². The number of hydrogen-bond acceptors (Lipinski definition) is 6. The van der Waals surface area contributed by atoms with Crippen LogP contribution in [0.5, 0.6) is 5.75 Å². The molecule has 8 nitrogen and oxygen atoms in total.